The quantitative estimate of drug-likeness (QED) is 0.460. The Morgan fingerprint density at radius 1 is 1.31 bits per heavy atom. The molecule has 2 rings (SSSR count). The van der Waals surface area contributed by atoms with Crippen molar-refractivity contribution in [3.8, 4) is 0 Å². The van der Waals surface area contributed by atoms with Crippen molar-refractivity contribution < 1.29 is 0 Å². The fraction of sp³-hybridized carbons (Fsp3) is 0.111. The average Bonchev–Trinajstić information content (AvgIpc) is 2.46. The molecule has 0 aliphatic heterocycles. The van der Waals surface area contributed by atoms with Gasteiger partial charge in [0.05, 0.1) is 0 Å². The third kappa shape index (κ3) is 2.00. The summed E-state index contributed by atoms with van der Waals surface area (Å²) >= 11 is 8.45. The summed E-state index contributed by atoms with van der Waals surface area (Å²) in [6, 6.07) is 4.50. The van der Waals surface area contributed by atoms with Crippen LogP contribution in [0.25, 0.3) is 10.1 Å². The zero-order valence-electron chi connectivity index (χ0n) is 6.80. The van der Waals surface area contributed by atoms with Crippen LogP contribution in [0.3, 0.4) is 0 Å². The highest BCUT2D eigenvalue weighted by Gasteiger charge is 2.07. The number of halogens is 2. The van der Waals surface area contributed by atoms with Crippen LogP contribution in [0.1, 0.15) is 0 Å². The average molecular weight is 432 g/mol. The molecule has 0 amide bonds. The van der Waals surface area contributed by atoms with Gasteiger partial charge in [-0.3, -0.25) is 0 Å². The monoisotopic (exact) mass is 432 g/mol. The number of hydrogen-bond acceptors (Lipinski definition) is 2. The van der Waals surface area contributed by atoms with Crippen LogP contribution < -0.4 is 0 Å². The van der Waals surface area contributed by atoms with Crippen LogP contribution in [-0.4, -0.2) is 6.26 Å². The van der Waals surface area contributed by atoms with Crippen LogP contribution in [0.15, 0.2) is 22.4 Å². The van der Waals surface area contributed by atoms with Gasteiger partial charge in [0, 0.05) is 27.5 Å². The van der Waals surface area contributed by atoms with Crippen molar-refractivity contribution in [3.63, 3.8) is 0 Å². The molecule has 0 atom stereocenters. The van der Waals surface area contributed by atoms with Crippen molar-refractivity contribution in [1.82, 2.24) is 0 Å². The van der Waals surface area contributed by atoms with Crippen LogP contribution in [0, 0.1) is 7.14 Å². The predicted molar refractivity (Wildman–Crippen MR) is 79.0 cm³/mol. The van der Waals surface area contributed by atoms with E-state index in [1.165, 1.54) is 22.1 Å². The van der Waals surface area contributed by atoms with E-state index >= 15 is 0 Å². The first-order valence-corrected chi connectivity index (χ1v) is 7.89. The van der Waals surface area contributed by atoms with Crippen molar-refractivity contribution in [2.45, 2.75) is 4.90 Å². The highest BCUT2D eigenvalue weighted by Crippen LogP contribution is 2.35. The van der Waals surface area contributed by atoms with Gasteiger partial charge in [-0.05, 0) is 63.6 Å². The maximum Gasteiger partial charge on any atom is 0.0375 e. The first kappa shape index (κ1) is 10.5. The molecule has 1 aromatic carbocycles. The Hall–Kier alpha value is 0.990. The molecule has 0 saturated heterocycles. The zero-order valence-corrected chi connectivity index (χ0v) is 12.8. The standard InChI is InChI=1S/C9H6I2S2/c1-12-7-2-5(10)3-8-9(7)6(11)4-13-8/h2-4H,1H3. The number of rotatable bonds is 1. The van der Waals surface area contributed by atoms with Gasteiger partial charge in [0.25, 0.3) is 0 Å². The van der Waals surface area contributed by atoms with Gasteiger partial charge in [-0.25, -0.2) is 0 Å². The van der Waals surface area contributed by atoms with E-state index in [-0.39, 0.29) is 0 Å². The number of hydrogen-bond donors (Lipinski definition) is 0. The number of thioether (sulfide) groups is 1. The van der Waals surface area contributed by atoms with Crippen molar-refractivity contribution in [2.24, 2.45) is 0 Å². The minimum atomic E-state index is 1.33. The van der Waals surface area contributed by atoms with Crippen molar-refractivity contribution in [1.29, 1.82) is 0 Å². The molecule has 0 fully saturated rings. The Morgan fingerprint density at radius 3 is 2.77 bits per heavy atom. The first-order chi connectivity index (χ1) is 6.22. The molecule has 0 bridgehead atoms. The van der Waals surface area contributed by atoms with Gasteiger partial charge < -0.3 is 0 Å². The molecular weight excluding hydrogens is 426 g/mol. The molecule has 13 heavy (non-hydrogen) atoms. The minimum Gasteiger partial charge on any atom is -0.143 e. The third-order valence-corrected chi connectivity index (χ3v) is 5.37. The zero-order chi connectivity index (χ0) is 9.42. The summed E-state index contributed by atoms with van der Waals surface area (Å²) < 4.78 is 4.10. The minimum absolute atomic E-state index is 1.33. The molecule has 0 spiro atoms. The number of fused-ring (bicyclic) bond motifs is 1. The van der Waals surface area contributed by atoms with E-state index < -0.39 is 0 Å². The third-order valence-electron chi connectivity index (χ3n) is 1.78. The van der Waals surface area contributed by atoms with Crippen molar-refractivity contribution in [3.05, 3.63) is 24.7 Å². The number of thiophene rings is 1. The molecule has 0 aliphatic rings. The van der Waals surface area contributed by atoms with Gasteiger partial charge in [-0.15, -0.1) is 23.1 Å². The topological polar surface area (TPSA) is 0 Å². The molecule has 1 aromatic heterocycles. The molecule has 0 nitrogen and oxygen atoms in total. The lowest BCUT2D eigenvalue weighted by Crippen LogP contribution is -1.77. The van der Waals surface area contributed by atoms with E-state index in [0.717, 1.165) is 0 Å². The summed E-state index contributed by atoms with van der Waals surface area (Å²) in [5.41, 5.74) is 0. The van der Waals surface area contributed by atoms with Gasteiger partial charge in [0.2, 0.25) is 0 Å². The van der Waals surface area contributed by atoms with Gasteiger partial charge in [-0.2, -0.15) is 0 Å². The second kappa shape index (κ2) is 4.24. The predicted octanol–water partition coefficient (Wildman–Crippen LogP) is 4.83. The van der Waals surface area contributed by atoms with Crippen LogP contribution >= 0.6 is 68.3 Å². The van der Waals surface area contributed by atoms with Crippen LogP contribution in [-0.2, 0) is 0 Å². The second-order valence-electron chi connectivity index (χ2n) is 2.56. The van der Waals surface area contributed by atoms with E-state index in [0.29, 0.717) is 0 Å². The van der Waals surface area contributed by atoms with Crippen LogP contribution in [0.4, 0.5) is 0 Å². The number of benzene rings is 1. The van der Waals surface area contributed by atoms with Crippen LogP contribution in [0.5, 0.6) is 0 Å². The van der Waals surface area contributed by atoms with Crippen molar-refractivity contribution in [2.75, 3.05) is 6.26 Å². The summed E-state index contributed by atoms with van der Waals surface area (Å²) in [6.45, 7) is 0. The fourth-order valence-electron chi connectivity index (χ4n) is 1.22. The van der Waals surface area contributed by atoms with Gasteiger partial charge in [0.1, 0.15) is 0 Å². The molecule has 0 aliphatic carbocycles. The van der Waals surface area contributed by atoms with E-state index in [4.69, 9.17) is 0 Å². The molecular formula is C9H6I2S2. The maximum atomic E-state index is 2.41. The molecule has 1 heterocycles. The van der Waals surface area contributed by atoms with E-state index in [9.17, 15) is 0 Å². The normalized spacial score (nSPS) is 11.0. The molecule has 0 unspecified atom stereocenters. The lowest BCUT2D eigenvalue weighted by molar-refractivity contribution is 1.53. The fourth-order valence-corrected chi connectivity index (χ4v) is 5.21. The Labute approximate surface area is 113 Å². The van der Waals surface area contributed by atoms with E-state index in [2.05, 4.69) is 69.0 Å². The Bertz CT molecular complexity index is 448. The molecule has 68 valence electrons. The highest BCUT2D eigenvalue weighted by atomic mass is 127. The summed E-state index contributed by atoms with van der Waals surface area (Å²) in [7, 11) is 0. The van der Waals surface area contributed by atoms with Gasteiger partial charge >= 0.3 is 0 Å². The molecule has 0 N–H and O–H groups in total. The SMILES string of the molecule is CSc1cc(I)cc2scc(I)c12. The first-order valence-electron chi connectivity index (χ1n) is 3.62. The largest absolute Gasteiger partial charge is 0.143 e. The lowest BCUT2D eigenvalue weighted by atomic mass is 10.3. The van der Waals surface area contributed by atoms with E-state index in [1.807, 2.05) is 23.1 Å². The summed E-state index contributed by atoms with van der Waals surface area (Å²) in [5.74, 6) is 0. The summed E-state index contributed by atoms with van der Waals surface area (Å²) in [4.78, 5) is 1.40. The second-order valence-corrected chi connectivity index (χ2v) is 6.73. The molecule has 4 heteroatoms. The Morgan fingerprint density at radius 2 is 2.08 bits per heavy atom. The highest BCUT2D eigenvalue weighted by molar-refractivity contribution is 14.1. The van der Waals surface area contributed by atoms with Crippen molar-refractivity contribution >= 4 is 78.4 Å². The Kier molecular flexibility index (Phi) is 3.43. The molecule has 0 radical (unpaired) electrons. The molecule has 2 aromatic rings. The van der Waals surface area contributed by atoms with Gasteiger partial charge in [0.15, 0.2) is 0 Å². The summed E-state index contributed by atoms with van der Waals surface area (Å²) in [5, 5.41) is 3.65. The summed E-state index contributed by atoms with van der Waals surface area (Å²) in [6.07, 6.45) is 2.14. The van der Waals surface area contributed by atoms with E-state index in [1.54, 1.807) is 0 Å². The lowest BCUT2D eigenvalue weighted by Gasteiger charge is -2.01. The maximum absolute atomic E-state index is 2.41. The molecule has 0 saturated carbocycles. The smallest absolute Gasteiger partial charge is 0.0375 e. The van der Waals surface area contributed by atoms with Crippen LogP contribution in [0.2, 0.25) is 0 Å². The van der Waals surface area contributed by atoms with Gasteiger partial charge in [-0.1, -0.05) is 0 Å². The Balaban J connectivity index is 2.85.